The van der Waals surface area contributed by atoms with Crippen molar-refractivity contribution in [3.8, 4) is 18.1 Å². The third-order valence-electron chi connectivity index (χ3n) is 2.12. The molecular formula is C13H14O2. The summed E-state index contributed by atoms with van der Waals surface area (Å²) in [5, 5.41) is 0. The molecule has 0 spiro atoms. The Kier molecular flexibility index (Phi) is 4.43. The molecule has 2 nitrogen and oxygen atoms in total. The number of benzene rings is 1. The smallest absolute Gasteiger partial charge is 0.163 e. The van der Waals surface area contributed by atoms with E-state index in [1.807, 2.05) is 12.1 Å². The second-order valence-electron chi connectivity index (χ2n) is 3.21. The van der Waals surface area contributed by atoms with Gasteiger partial charge in [-0.25, -0.2) is 0 Å². The lowest BCUT2D eigenvalue weighted by Crippen LogP contribution is -1.99. The number of Topliss-reactive ketones (excluding diaryl/α,β-unsaturated/α-hetero) is 1. The molecule has 0 aromatic heterocycles. The van der Waals surface area contributed by atoms with E-state index in [2.05, 4.69) is 5.92 Å². The lowest BCUT2D eigenvalue weighted by molar-refractivity contribution is 0.0980. The maximum atomic E-state index is 11.7. The first-order valence-corrected chi connectivity index (χ1v) is 4.88. The van der Waals surface area contributed by atoms with Crippen molar-refractivity contribution in [2.45, 2.75) is 19.3 Å². The molecule has 0 heterocycles. The number of unbranched alkanes of at least 4 members (excludes halogenated alkanes) is 1. The standard InChI is InChI=1S/C13H14O2/c1-3-4-5-9-13(14)11-7-6-8-12(10-11)15-2/h1,6-8,10H,4-5,9H2,2H3. The Morgan fingerprint density at radius 3 is 3.00 bits per heavy atom. The minimum absolute atomic E-state index is 0.115. The fourth-order valence-corrected chi connectivity index (χ4v) is 1.29. The van der Waals surface area contributed by atoms with Crippen LogP contribution in [0, 0.1) is 12.3 Å². The molecule has 0 aliphatic rings. The predicted molar refractivity (Wildman–Crippen MR) is 60.0 cm³/mol. The topological polar surface area (TPSA) is 26.3 Å². The SMILES string of the molecule is C#CCCCC(=O)c1cccc(OC)c1. The van der Waals surface area contributed by atoms with Gasteiger partial charge >= 0.3 is 0 Å². The van der Waals surface area contributed by atoms with Gasteiger partial charge in [0.15, 0.2) is 5.78 Å². The maximum Gasteiger partial charge on any atom is 0.163 e. The first kappa shape index (κ1) is 11.3. The van der Waals surface area contributed by atoms with Crippen molar-refractivity contribution in [3.05, 3.63) is 29.8 Å². The van der Waals surface area contributed by atoms with E-state index < -0.39 is 0 Å². The van der Waals surface area contributed by atoms with Crippen LogP contribution in [0.15, 0.2) is 24.3 Å². The molecule has 0 bridgehead atoms. The molecule has 0 radical (unpaired) electrons. The summed E-state index contributed by atoms with van der Waals surface area (Å²) >= 11 is 0. The average molecular weight is 202 g/mol. The van der Waals surface area contributed by atoms with Gasteiger partial charge in [-0.1, -0.05) is 12.1 Å². The first-order chi connectivity index (χ1) is 7.27. The molecule has 1 rings (SSSR count). The maximum absolute atomic E-state index is 11.7. The molecule has 2 heteroatoms. The van der Waals surface area contributed by atoms with Crippen LogP contribution in [0.25, 0.3) is 0 Å². The van der Waals surface area contributed by atoms with E-state index in [-0.39, 0.29) is 5.78 Å². The van der Waals surface area contributed by atoms with E-state index in [0.717, 1.165) is 6.42 Å². The molecule has 15 heavy (non-hydrogen) atoms. The highest BCUT2D eigenvalue weighted by atomic mass is 16.5. The minimum Gasteiger partial charge on any atom is -0.497 e. The molecule has 1 aromatic rings. The number of hydrogen-bond donors (Lipinski definition) is 0. The summed E-state index contributed by atoms with van der Waals surface area (Å²) in [5.41, 5.74) is 0.686. The average Bonchev–Trinajstić information content (AvgIpc) is 2.29. The van der Waals surface area contributed by atoms with Crippen molar-refractivity contribution < 1.29 is 9.53 Å². The molecule has 1 aromatic carbocycles. The number of ether oxygens (including phenoxy) is 1. The highest BCUT2D eigenvalue weighted by molar-refractivity contribution is 5.96. The summed E-state index contributed by atoms with van der Waals surface area (Å²) < 4.78 is 5.05. The zero-order valence-electron chi connectivity index (χ0n) is 8.82. The van der Waals surface area contributed by atoms with Gasteiger partial charge in [-0.15, -0.1) is 12.3 Å². The molecule has 78 valence electrons. The van der Waals surface area contributed by atoms with Crippen LogP contribution >= 0.6 is 0 Å². The van der Waals surface area contributed by atoms with Crippen LogP contribution in [0.1, 0.15) is 29.6 Å². The van der Waals surface area contributed by atoms with Gasteiger partial charge in [0.2, 0.25) is 0 Å². The normalized spacial score (nSPS) is 9.33. The number of terminal acetylenes is 1. The van der Waals surface area contributed by atoms with E-state index in [0.29, 0.717) is 24.2 Å². The van der Waals surface area contributed by atoms with Crippen LogP contribution in [-0.2, 0) is 0 Å². The van der Waals surface area contributed by atoms with Crippen LogP contribution in [0.2, 0.25) is 0 Å². The number of ketones is 1. The largest absolute Gasteiger partial charge is 0.497 e. The van der Waals surface area contributed by atoms with Gasteiger partial charge in [-0.2, -0.15) is 0 Å². The minimum atomic E-state index is 0.115. The lowest BCUT2D eigenvalue weighted by atomic mass is 10.1. The Labute approximate surface area is 90.3 Å². The zero-order chi connectivity index (χ0) is 11.1. The van der Waals surface area contributed by atoms with Crippen molar-refractivity contribution in [1.82, 2.24) is 0 Å². The molecule has 0 aliphatic heterocycles. The summed E-state index contributed by atoms with van der Waals surface area (Å²) in [7, 11) is 1.59. The second-order valence-corrected chi connectivity index (χ2v) is 3.21. The summed E-state index contributed by atoms with van der Waals surface area (Å²) in [6.07, 6.45) is 7.01. The second kappa shape index (κ2) is 5.87. The fourth-order valence-electron chi connectivity index (χ4n) is 1.29. The van der Waals surface area contributed by atoms with E-state index in [1.165, 1.54) is 0 Å². The molecular weight excluding hydrogens is 188 g/mol. The van der Waals surface area contributed by atoms with E-state index in [1.54, 1.807) is 19.2 Å². The van der Waals surface area contributed by atoms with Crippen LogP contribution in [0.5, 0.6) is 5.75 Å². The lowest BCUT2D eigenvalue weighted by Gasteiger charge is -2.02. The third-order valence-corrected chi connectivity index (χ3v) is 2.12. The van der Waals surface area contributed by atoms with Crippen molar-refractivity contribution in [2.24, 2.45) is 0 Å². The predicted octanol–water partition coefficient (Wildman–Crippen LogP) is 2.68. The number of carbonyl (C=O) groups excluding carboxylic acids is 1. The highest BCUT2D eigenvalue weighted by Crippen LogP contribution is 2.14. The van der Waals surface area contributed by atoms with Crippen molar-refractivity contribution in [3.63, 3.8) is 0 Å². The van der Waals surface area contributed by atoms with Gasteiger partial charge in [0.05, 0.1) is 7.11 Å². The van der Waals surface area contributed by atoms with Crippen molar-refractivity contribution >= 4 is 5.78 Å². The zero-order valence-corrected chi connectivity index (χ0v) is 8.82. The van der Waals surface area contributed by atoms with Gasteiger partial charge in [0.1, 0.15) is 5.75 Å². The molecule has 0 saturated heterocycles. The van der Waals surface area contributed by atoms with Crippen molar-refractivity contribution in [2.75, 3.05) is 7.11 Å². The van der Waals surface area contributed by atoms with Gasteiger partial charge in [0.25, 0.3) is 0 Å². The molecule has 0 fully saturated rings. The number of carbonyl (C=O) groups is 1. The fraction of sp³-hybridized carbons (Fsp3) is 0.308. The van der Waals surface area contributed by atoms with Gasteiger partial charge in [0, 0.05) is 18.4 Å². The Bertz CT molecular complexity index is 374. The van der Waals surface area contributed by atoms with E-state index >= 15 is 0 Å². The summed E-state index contributed by atoms with van der Waals surface area (Å²) in [5.74, 6) is 3.34. The first-order valence-electron chi connectivity index (χ1n) is 4.88. The van der Waals surface area contributed by atoms with Gasteiger partial charge in [-0.3, -0.25) is 4.79 Å². The molecule has 0 aliphatic carbocycles. The van der Waals surface area contributed by atoms with E-state index in [9.17, 15) is 4.79 Å². The molecule has 0 N–H and O–H groups in total. The van der Waals surface area contributed by atoms with Crippen LogP contribution in [0.4, 0.5) is 0 Å². The van der Waals surface area contributed by atoms with Crippen molar-refractivity contribution in [1.29, 1.82) is 0 Å². The highest BCUT2D eigenvalue weighted by Gasteiger charge is 2.05. The van der Waals surface area contributed by atoms with Gasteiger partial charge < -0.3 is 4.74 Å². The summed E-state index contributed by atoms with van der Waals surface area (Å²) in [6, 6.07) is 7.17. The Morgan fingerprint density at radius 1 is 1.53 bits per heavy atom. The van der Waals surface area contributed by atoms with Crippen LogP contribution in [0.3, 0.4) is 0 Å². The molecule has 0 saturated carbocycles. The number of rotatable bonds is 5. The number of methoxy groups -OCH3 is 1. The Balaban J connectivity index is 2.61. The quantitative estimate of drug-likeness (QED) is 0.417. The molecule has 0 atom stereocenters. The Morgan fingerprint density at radius 2 is 2.33 bits per heavy atom. The Hall–Kier alpha value is -1.75. The summed E-state index contributed by atoms with van der Waals surface area (Å²) in [6.45, 7) is 0. The van der Waals surface area contributed by atoms with Crippen LogP contribution in [-0.4, -0.2) is 12.9 Å². The number of hydrogen-bond acceptors (Lipinski definition) is 2. The monoisotopic (exact) mass is 202 g/mol. The third kappa shape index (κ3) is 3.47. The molecule has 0 amide bonds. The van der Waals surface area contributed by atoms with E-state index in [4.69, 9.17) is 11.2 Å². The molecule has 0 unspecified atom stereocenters. The van der Waals surface area contributed by atoms with Gasteiger partial charge in [-0.05, 0) is 18.6 Å². The summed E-state index contributed by atoms with van der Waals surface area (Å²) in [4.78, 5) is 11.7. The van der Waals surface area contributed by atoms with Crippen LogP contribution < -0.4 is 4.74 Å².